The Labute approximate surface area is 240 Å². The molecule has 1 atom stereocenters. The zero-order valence-electron chi connectivity index (χ0n) is 22.8. The number of rotatable bonds is 11. The first kappa shape index (κ1) is 31.9. The molecular formula is C27H34ClF3N4O4S. The number of halogens is 4. The molecule has 3 rings (SSSR count). The molecule has 0 bridgehead atoms. The first-order valence-electron chi connectivity index (χ1n) is 12.9. The third-order valence-corrected chi connectivity index (χ3v) is 7.29. The minimum Gasteiger partial charge on any atom is -0.370 e. The van der Waals surface area contributed by atoms with Crippen molar-refractivity contribution in [1.82, 2.24) is 10.2 Å². The van der Waals surface area contributed by atoms with Crippen LogP contribution in [0.4, 0.5) is 24.5 Å². The number of nitrogens with zero attached hydrogens (tertiary/aromatic N) is 2. The number of hydrogen-bond acceptors (Lipinski definition) is 6. The largest absolute Gasteiger partial charge is 0.418 e. The number of nitrogens with one attached hydrogen (secondary N) is 2. The Morgan fingerprint density at radius 3 is 2.35 bits per heavy atom. The van der Waals surface area contributed by atoms with E-state index in [2.05, 4.69) is 10.6 Å². The van der Waals surface area contributed by atoms with Crippen molar-refractivity contribution >= 4 is 52.0 Å². The van der Waals surface area contributed by atoms with Crippen LogP contribution in [-0.4, -0.2) is 68.1 Å². The number of carbonyl (C=O) groups is 3. The molecule has 1 saturated heterocycles. The fourth-order valence-corrected chi connectivity index (χ4v) is 5.38. The predicted octanol–water partition coefficient (Wildman–Crippen LogP) is 5.13. The third kappa shape index (κ3) is 8.66. The van der Waals surface area contributed by atoms with Crippen molar-refractivity contribution in [2.45, 2.75) is 39.9 Å². The van der Waals surface area contributed by atoms with Gasteiger partial charge in [0.2, 0.25) is 5.91 Å². The quantitative estimate of drug-likeness (QED) is 0.372. The topological polar surface area (TPSA) is 91.0 Å². The van der Waals surface area contributed by atoms with Crippen LogP contribution in [0.1, 0.15) is 42.9 Å². The van der Waals surface area contributed by atoms with Crippen molar-refractivity contribution in [2.24, 2.45) is 11.8 Å². The lowest BCUT2D eigenvalue weighted by atomic mass is 10.1. The van der Waals surface area contributed by atoms with Gasteiger partial charge in [0, 0.05) is 31.9 Å². The van der Waals surface area contributed by atoms with E-state index in [9.17, 15) is 27.6 Å². The van der Waals surface area contributed by atoms with Crippen LogP contribution in [0.25, 0.3) is 0 Å². The summed E-state index contributed by atoms with van der Waals surface area (Å²) in [6, 6.07) is 5.57. The maximum Gasteiger partial charge on any atom is 0.418 e. The summed E-state index contributed by atoms with van der Waals surface area (Å²) in [6.07, 6.45) is -4.80. The van der Waals surface area contributed by atoms with Crippen LogP contribution < -0.4 is 15.5 Å². The normalized spacial score (nSPS) is 15.2. The number of ether oxygens (including phenoxy) is 1. The Kier molecular flexibility index (Phi) is 11.0. The summed E-state index contributed by atoms with van der Waals surface area (Å²) in [4.78, 5) is 42.0. The van der Waals surface area contributed by atoms with Crippen LogP contribution in [0.15, 0.2) is 30.3 Å². The van der Waals surface area contributed by atoms with Gasteiger partial charge in [-0.05, 0) is 42.2 Å². The van der Waals surface area contributed by atoms with Crippen molar-refractivity contribution in [3.05, 3.63) is 45.1 Å². The molecule has 0 unspecified atom stereocenters. The molecule has 2 aromatic rings. The lowest BCUT2D eigenvalue weighted by molar-refractivity contribution is -0.137. The van der Waals surface area contributed by atoms with E-state index in [-0.39, 0.29) is 43.8 Å². The number of benzene rings is 1. The smallest absolute Gasteiger partial charge is 0.370 e. The third-order valence-electron chi connectivity index (χ3n) is 6.06. The van der Waals surface area contributed by atoms with E-state index in [1.54, 1.807) is 12.1 Å². The number of thiophene rings is 1. The van der Waals surface area contributed by atoms with Crippen LogP contribution in [0.3, 0.4) is 0 Å². The van der Waals surface area contributed by atoms with Gasteiger partial charge in [-0.1, -0.05) is 39.3 Å². The number of amides is 3. The van der Waals surface area contributed by atoms with Gasteiger partial charge in [-0.3, -0.25) is 19.3 Å². The van der Waals surface area contributed by atoms with Crippen molar-refractivity contribution in [1.29, 1.82) is 0 Å². The predicted molar refractivity (Wildman–Crippen MR) is 150 cm³/mol. The van der Waals surface area contributed by atoms with Gasteiger partial charge in [-0.25, -0.2) is 0 Å². The number of anilines is 2. The van der Waals surface area contributed by atoms with Gasteiger partial charge >= 0.3 is 6.18 Å². The second kappa shape index (κ2) is 13.8. The lowest BCUT2D eigenvalue weighted by Crippen LogP contribution is -2.53. The molecule has 1 aromatic carbocycles. The summed E-state index contributed by atoms with van der Waals surface area (Å²) in [5, 5.41) is 5.19. The average molecular weight is 603 g/mol. The molecule has 3 amide bonds. The minimum absolute atomic E-state index is 0.0679. The van der Waals surface area contributed by atoms with Crippen LogP contribution in [0, 0.1) is 11.8 Å². The van der Waals surface area contributed by atoms with Crippen LogP contribution in [0.5, 0.6) is 0 Å². The highest BCUT2D eigenvalue weighted by Crippen LogP contribution is 2.38. The highest BCUT2D eigenvalue weighted by atomic mass is 35.5. The molecule has 0 radical (unpaired) electrons. The molecule has 1 aliphatic rings. The van der Waals surface area contributed by atoms with Crippen LogP contribution in [0.2, 0.25) is 4.34 Å². The molecule has 1 fully saturated rings. The summed E-state index contributed by atoms with van der Waals surface area (Å²) >= 11 is 7.02. The number of alkyl halides is 3. The molecule has 0 aliphatic carbocycles. The van der Waals surface area contributed by atoms with E-state index in [1.165, 1.54) is 11.0 Å². The fraction of sp³-hybridized carbons (Fsp3) is 0.519. The summed E-state index contributed by atoms with van der Waals surface area (Å²) in [5.74, 6) is -1.27. The van der Waals surface area contributed by atoms with Crippen molar-refractivity contribution in [2.75, 3.05) is 49.6 Å². The maximum absolute atomic E-state index is 14.1. The Balaban J connectivity index is 1.91. The molecular weight excluding hydrogens is 569 g/mol. The van der Waals surface area contributed by atoms with Gasteiger partial charge < -0.3 is 20.3 Å². The summed E-state index contributed by atoms with van der Waals surface area (Å²) in [5.41, 5.74) is -1.44. The molecule has 2 heterocycles. The van der Waals surface area contributed by atoms with E-state index in [4.69, 9.17) is 16.3 Å². The van der Waals surface area contributed by atoms with E-state index in [0.717, 1.165) is 23.5 Å². The number of morpholine rings is 1. The second-order valence-corrected chi connectivity index (χ2v) is 12.1. The molecule has 0 saturated carbocycles. The van der Waals surface area contributed by atoms with Gasteiger partial charge in [0.25, 0.3) is 11.8 Å². The number of hydrogen-bond donors (Lipinski definition) is 2. The Bertz CT molecular complexity index is 1190. The molecule has 8 nitrogen and oxygen atoms in total. The first-order valence-corrected chi connectivity index (χ1v) is 14.1. The van der Waals surface area contributed by atoms with Gasteiger partial charge in [0.05, 0.1) is 27.1 Å². The standard InChI is InChI=1S/C27H34ClF3N4O4S/c1-16(2)13-34(14-17(3)4)21(12-32-26(38)22-7-8-23(28)40-22)25(37)33-20-6-5-18(11-19(20)27(29,30)31)35-9-10-39-15-24(35)36/h5-8,11,16-17,21H,9-10,12-15H2,1-4H3,(H,32,38)(H,33,37)/t21-/m0/s1. The van der Waals surface area contributed by atoms with Crippen LogP contribution in [-0.2, 0) is 20.5 Å². The summed E-state index contributed by atoms with van der Waals surface area (Å²) in [7, 11) is 0. The van der Waals surface area contributed by atoms with Gasteiger partial charge in [-0.2, -0.15) is 13.2 Å². The molecule has 220 valence electrons. The van der Waals surface area contributed by atoms with Crippen molar-refractivity contribution < 1.29 is 32.3 Å². The van der Waals surface area contributed by atoms with Gasteiger partial charge in [0.1, 0.15) is 12.6 Å². The highest BCUT2D eigenvalue weighted by Gasteiger charge is 2.37. The molecule has 40 heavy (non-hydrogen) atoms. The SMILES string of the molecule is CC(C)CN(CC(C)C)[C@@H](CNC(=O)c1ccc(Cl)s1)C(=O)Nc1ccc(N2CCOCC2=O)cc1C(F)(F)F. The summed E-state index contributed by atoms with van der Waals surface area (Å²) < 4.78 is 47.9. The first-order chi connectivity index (χ1) is 18.8. The number of carbonyl (C=O) groups excluding carboxylic acids is 3. The van der Waals surface area contributed by atoms with Crippen molar-refractivity contribution in [3.63, 3.8) is 0 Å². The molecule has 1 aromatic heterocycles. The average Bonchev–Trinajstić information content (AvgIpc) is 3.29. The van der Waals surface area contributed by atoms with E-state index in [0.29, 0.717) is 22.3 Å². The lowest BCUT2D eigenvalue weighted by Gasteiger charge is -2.34. The monoisotopic (exact) mass is 602 g/mol. The Hall–Kier alpha value is -2.67. The molecule has 13 heteroatoms. The van der Waals surface area contributed by atoms with E-state index >= 15 is 0 Å². The van der Waals surface area contributed by atoms with Crippen molar-refractivity contribution in [3.8, 4) is 0 Å². The molecule has 0 spiro atoms. The second-order valence-electron chi connectivity index (χ2n) is 10.4. The zero-order chi connectivity index (χ0) is 29.6. The van der Waals surface area contributed by atoms with Gasteiger partial charge in [-0.15, -0.1) is 11.3 Å². The fourth-order valence-electron chi connectivity index (χ4n) is 4.42. The van der Waals surface area contributed by atoms with E-state index in [1.807, 2.05) is 32.6 Å². The Morgan fingerprint density at radius 1 is 1.12 bits per heavy atom. The molecule has 1 aliphatic heterocycles. The Morgan fingerprint density at radius 2 is 1.80 bits per heavy atom. The maximum atomic E-state index is 14.1. The minimum atomic E-state index is -4.80. The molecule has 2 N–H and O–H groups in total. The highest BCUT2D eigenvalue weighted by molar-refractivity contribution is 7.18. The van der Waals surface area contributed by atoms with E-state index < -0.39 is 41.2 Å². The van der Waals surface area contributed by atoms with Gasteiger partial charge in [0.15, 0.2) is 0 Å². The zero-order valence-corrected chi connectivity index (χ0v) is 24.4. The van der Waals surface area contributed by atoms with Crippen LogP contribution >= 0.6 is 22.9 Å². The summed E-state index contributed by atoms with van der Waals surface area (Å²) in [6.45, 7) is 8.86.